The summed E-state index contributed by atoms with van der Waals surface area (Å²) < 4.78 is 9.26. The fourth-order valence-corrected chi connectivity index (χ4v) is 4.96. The summed E-state index contributed by atoms with van der Waals surface area (Å²) in [6.07, 6.45) is 5.95. The van der Waals surface area contributed by atoms with E-state index in [-0.39, 0.29) is 7.33 Å². The topological polar surface area (TPSA) is 116 Å². The number of aryl methyl sites for hydroxylation is 3. The van der Waals surface area contributed by atoms with Crippen molar-refractivity contribution >= 4 is 39.6 Å². The van der Waals surface area contributed by atoms with Gasteiger partial charge in [0.25, 0.3) is 5.91 Å². The number of carbonyl (C=O) groups excluding carboxylic acids is 2. The molecule has 0 spiro atoms. The van der Waals surface area contributed by atoms with Crippen LogP contribution < -0.4 is 5.32 Å². The van der Waals surface area contributed by atoms with Crippen LogP contribution in [0.4, 0.5) is 0 Å². The minimum atomic E-state index is -1.18. The van der Waals surface area contributed by atoms with E-state index in [1.165, 1.54) is 19.8 Å². The number of carbonyl (C=O) groups is 2. The van der Waals surface area contributed by atoms with Crippen LogP contribution in [-0.2, 0) is 27.8 Å². The van der Waals surface area contributed by atoms with Gasteiger partial charge in [-0.25, -0.2) is 9.97 Å². The number of nitrogens with zero attached hydrogens (tertiary/aromatic N) is 6. The van der Waals surface area contributed by atoms with Gasteiger partial charge in [-0.15, -0.1) is 10.2 Å². The van der Waals surface area contributed by atoms with E-state index in [9.17, 15) is 9.59 Å². The number of nitrogens with one attached hydrogen (secondary N) is 1. The van der Waals surface area contributed by atoms with Gasteiger partial charge in [-0.1, -0.05) is 59.1 Å². The summed E-state index contributed by atoms with van der Waals surface area (Å²) in [6.45, 7) is 15.3. The lowest BCUT2D eigenvalue weighted by Gasteiger charge is -2.23. The molecule has 3 heterocycles. The van der Waals surface area contributed by atoms with Crippen LogP contribution in [0.5, 0.6) is 0 Å². The number of unbranched alkanes of at least 4 members (excludes halogenated alkanes) is 3. The summed E-state index contributed by atoms with van der Waals surface area (Å²) in [7, 11) is 2.03. The van der Waals surface area contributed by atoms with Crippen molar-refractivity contribution in [3.8, 4) is 11.4 Å². The smallest absolute Gasteiger partial charge is 0.303 e. The Balaban J connectivity index is 0.000000977. The number of rotatable bonds is 10. The first-order chi connectivity index (χ1) is 21.6. The van der Waals surface area contributed by atoms with Crippen LogP contribution in [0.2, 0.25) is 0 Å². The Morgan fingerprint density at radius 2 is 1.64 bits per heavy atom. The highest BCUT2D eigenvalue weighted by Gasteiger charge is 2.30. The molecule has 0 atom stereocenters. The number of hydrogen-bond acceptors (Lipinski definition) is 7. The van der Waals surface area contributed by atoms with Gasteiger partial charge in [0.05, 0.1) is 27.8 Å². The summed E-state index contributed by atoms with van der Waals surface area (Å²) in [5.74, 6) is 0.924. The van der Waals surface area contributed by atoms with Crippen LogP contribution >= 0.6 is 0 Å². The zero-order chi connectivity index (χ0) is 33.1. The highest BCUT2D eigenvalue weighted by molar-refractivity contribution is 5.87. The Hall–Kier alpha value is -4.34. The second kappa shape index (κ2) is 16.1. The van der Waals surface area contributed by atoms with Crippen LogP contribution in [0.1, 0.15) is 93.5 Å². The van der Waals surface area contributed by atoms with E-state index in [1.807, 2.05) is 46.0 Å². The second-order valence-electron chi connectivity index (χ2n) is 11.3. The number of hydrogen-bond donors (Lipinski definition) is 1. The summed E-state index contributed by atoms with van der Waals surface area (Å²) in [4.78, 5) is 33.4. The molecule has 0 aliphatic heterocycles. The molecule has 1 amide bonds. The Labute approximate surface area is 268 Å². The van der Waals surface area contributed by atoms with Gasteiger partial charge in [0.1, 0.15) is 11.6 Å². The lowest BCUT2D eigenvalue weighted by atomic mass is 10.1. The van der Waals surface area contributed by atoms with Crippen molar-refractivity contribution < 1.29 is 15.8 Å². The van der Waals surface area contributed by atoms with E-state index in [1.54, 1.807) is 13.8 Å². The third kappa shape index (κ3) is 8.44. The molecule has 0 unspecified atom stereocenters. The average molecular weight is 618 g/mol. The highest BCUT2D eigenvalue weighted by Crippen LogP contribution is 2.28. The van der Waals surface area contributed by atoms with Crippen LogP contribution in [-0.4, -0.2) is 53.2 Å². The van der Waals surface area contributed by atoms with E-state index >= 15 is 0 Å². The lowest BCUT2D eigenvalue weighted by Crippen LogP contribution is -2.45. The van der Waals surface area contributed by atoms with Crippen molar-refractivity contribution in [3.05, 3.63) is 54.0 Å². The Morgan fingerprint density at radius 3 is 2.31 bits per heavy atom. The van der Waals surface area contributed by atoms with E-state index in [0.717, 1.165) is 76.3 Å². The first-order valence-corrected chi connectivity index (χ1v) is 16.1. The molecule has 0 saturated heterocycles. The summed E-state index contributed by atoms with van der Waals surface area (Å²) >= 11 is 0. The molecule has 0 aliphatic rings. The molecule has 5 aromatic rings. The summed E-state index contributed by atoms with van der Waals surface area (Å²) in [5, 5.41) is 11.6. The molecular formula is C35H51N7O3. The maximum absolute atomic E-state index is 12.3. The third-order valence-electron chi connectivity index (χ3n) is 7.42. The molecule has 3 aromatic heterocycles. The lowest BCUT2D eigenvalue weighted by molar-refractivity contribution is -0.162. The molecule has 0 bridgehead atoms. The van der Waals surface area contributed by atoms with Gasteiger partial charge in [-0.3, -0.25) is 14.0 Å². The quantitative estimate of drug-likeness (QED) is 0.128. The molecule has 0 saturated carbocycles. The van der Waals surface area contributed by atoms with E-state index in [0.29, 0.717) is 6.54 Å². The van der Waals surface area contributed by atoms with Gasteiger partial charge < -0.3 is 14.6 Å². The molecule has 0 radical (unpaired) electrons. The van der Waals surface area contributed by atoms with Crippen molar-refractivity contribution in [2.75, 3.05) is 6.54 Å². The van der Waals surface area contributed by atoms with Gasteiger partial charge in [0, 0.05) is 27.5 Å². The highest BCUT2D eigenvalue weighted by atomic mass is 16.6. The summed E-state index contributed by atoms with van der Waals surface area (Å²) in [5.41, 5.74) is 5.34. The first kappa shape index (κ1) is 35.1. The normalized spacial score (nSPS) is 11.1. The van der Waals surface area contributed by atoms with E-state index in [4.69, 9.17) is 14.7 Å². The third-order valence-corrected chi connectivity index (χ3v) is 7.42. The molecule has 2 aromatic carbocycles. The largest absolute Gasteiger partial charge is 0.450 e. The number of ether oxygens (including phenoxy) is 1. The van der Waals surface area contributed by atoms with Crippen LogP contribution in [0, 0.1) is 6.92 Å². The van der Waals surface area contributed by atoms with Crippen molar-refractivity contribution in [1.29, 1.82) is 0 Å². The molecule has 10 heteroatoms. The molecule has 10 nitrogen and oxygen atoms in total. The number of amides is 1. The minimum Gasteiger partial charge on any atom is -0.450 e. The summed E-state index contributed by atoms with van der Waals surface area (Å²) in [6, 6.07) is 14.3. The maximum atomic E-state index is 12.3. The molecule has 1 N–H and O–H groups in total. The fraction of sp³-hybridized carbons (Fsp3) is 0.486. The van der Waals surface area contributed by atoms with Crippen LogP contribution in [0.3, 0.4) is 0 Å². The number of esters is 1. The predicted octanol–water partition coefficient (Wildman–Crippen LogP) is 7.39. The van der Waals surface area contributed by atoms with Gasteiger partial charge in [0.15, 0.2) is 11.2 Å². The standard InChI is InChI=1S/C29H33N7O3.C4H10.C2H6.H2/c1-18-33-34-27-22(12-7-6-10-16-30-28(38)29(3,4)39-19(2)37)31-23-17-20(14-15-25(23)36(18)27)26-32-21-11-8-9-13-24(21)35(26)5;1-3-4-2;1-2;/h8-9,11,13-15,17H,6-7,10,12,16H2,1-5H3,(H,30,38);3-4H2,1-2H3;1-2H3;1H. The van der Waals surface area contributed by atoms with Gasteiger partial charge in [-0.2, -0.15) is 0 Å². The van der Waals surface area contributed by atoms with Crippen molar-refractivity contribution in [1.82, 2.24) is 34.4 Å². The molecule has 0 fully saturated rings. The Morgan fingerprint density at radius 1 is 0.933 bits per heavy atom. The van der Waals surface area contributed by atoms with Crippen molar-refractivity contribution in [2.45, 2.75) is 99.5 Å². The van der Waals surface area contributed by atoms with Gasteiger partial charge >= 0.3 is 5.97 Å². The average Bonchev–Trinajstić information content (AvgIpc) is 3.59. The van der Waals surface area contributed by atoms with Crippen molar-refractivity contribution in [2.24, 2.45) is 7.05 Å². The minimum absolute atomic E-state index is 0. The first-order valence-electron chi connectivity index (χ1n) is 16.1. The Kier molecular flexibility index (Phi) is 12.6. The number of imidazole rings is 1. The second-order valence-corrected chi connectivity index (χ2v) is 11.3. The zero-order valence-electron chi connectivity index (χ0n) is 28.4. The zero-order valence-corrected chi connectivity index (χ0v) is 28.4. The number of benzene rings is 2. The number of fused-ring (bicyclic) bond motifs is 4. The fourth-order valence-electron chi connectivity index (χ4n) is 4.96. The van der Waals surface area contributed by atoms with E-state index in [2.05, 4.69) is 62.6 Å². The predicted molar refractivity (Wildman–Crippen MR) is 183 cm³/mol. The maximum Gasteiger partial charge on any atom is 0.303 e. The number of aromatic nitrogens is 6. The molecule has 0 aliphatic carbocycles. The van der Waals surface area contributed by atoms with Gasteiger partial charge in [-0.05, 0) is 70.4 Å². The number of para-hydroxylation sites is 2. The molecule has 5 rings (SSSR count). The SMILES string of the molecule is CC.CC(=O)OC(C)(C)C(=O)NCCCCCc1nc2cc(-c3nc4ccccc4n3C)ccc2n2c(C)nnc12.CCCC.[HH]. The van der Waals surface area contributed by atoms with Gasteiger partial charge in [0.2, 0.25) is 0 Å². The van der Waals surface area contributed by atoms with Crippen LogP contribution in [0.15, 0.2) is 42.5 Å². The van der Waals surface area contributed by atoms with Crippen molar-refractivity contribution in [3.63, 3.8) is 0 Å². The van der Waals surface area contributed by atoms with E-state index < -0.39 is 11.6 Å². The molecular weight excluding hydrogens is 566 g/mol. The van der Waals surface area contributed by atoms with Crippen LogP contribution in [0.25, 0.3) is 39.1 Å². The Bertz CT molecular complexity index is 1740. The molecule has 45 heavy (non-hydrogen) atoms. The molecule has 244 valence electrons. The monoisotopic (exact) mass is 617 g/mol.